The van der Waals surface area contributed by atoms with E-state index in [1.807, 2.05) is 37.3 Å². The van der Waals surface area contributed by atoms with Gasteiger partial charge in [0.25, 0.3) is 0 Å². The number of carbonyl (C=O) groups excluding carboxylic acids is 2. The summed E-state index contributed by atoms with van der Waals surface area (Å²) in [4.78, 5) is 23.7. The Bertz CT molecular complexity index is 659. The molecule has 5 heteroatoms. The predicted octanol–water partition coefficient (Wildman–Crippen LogP) is 3.55. The first-order valence-corrected chi connectivity index (χ1v) is 7.32. The Morgan fingerprint density at radius 1 is 1.05 bits per heavy atom. The summed E-state index contributed by atoms with van der Waals surface area (Å²) in [6, 6.07) is 16.2. The van der Waals surface area contributed by atoms with E-state index in [0.29, 0.717) is 10.7 Å². The normalized spacial score (nSPS) is 11.5. The molecule has 22 heavy (non-hydrogen) atoms. The molecule has 0 aliphatic heterocycles. The van der Waals surface area contributed by atoms with Crippen molar-refractivity contribution in [1.82, 2.24) is 5.32 Å². The summed E-state index contributed by atoms with van der Waals surface area (Å²) in [6.07, 6.45) is -0.232. The van der Waals surface area contributed by atoms with Crippen LogP contribution in [0.2, 0.25) is 5.02 Å². The summed E-state index contributed by atoms with van der Waals surface area (Å²) >= 11 is 5.84. The maximum atomic E-state index is 11.9. The first-order valence-electron chi connectivity index (χ1n) is 6.94. The second kappa shape index (κ2) is 7.61. The van der Waals surface area contributed by atoms with Gasteiger partial charge in [-0.05, 0) is 30.7 Å². The number of hydrogen-bond acceptors (Lipinski definition) is 2. The standard InChI is InChI=1S/C17H17ClN2O2/c1-12(13-6-3-2-4-7-13)19-16(21)11-17(22)20-15-9-5-8-14(18)10-15/h2-10,12H,11H2,1H3,(H,19,21)(H,20,22). The van der Waals surface area contributed by atoms with Crippen LogP contribution >= 0.6 is 11.6 Å². The van der Waals surface area contributed by atoms with Gasteiger partial charge >= 0.3 is 0 Å². The van der Waals surface area contributed by atoms with Crippen molar-refractivity contribution in [1.29, 1.82) is 0 Å². The summed E-state index contributed by atoms with van der Waals surface area (Å²) < 4.78 is 0. The minimum Gasteiger partial charge on any atom is -0.349 e. The Kier molecular flexibility index (Phi) is 5.55. The average molecular weight is 317 g/mol. The molecule has 2 aromatic carbocycles. The third kappa shape index (κ3) is 4.90. The highest BCUT2D eigenvalue weighted by Gasteiger charge is 2.13. The van der Waals surface area contributed by atoms with Gasteiger partial charge in [0.05, 0.1) is 6.04 Å². The van der Waals surface area contributed by atoms with E-state index in [1.165, 1.54) is 0 Å². The maximum Gasteiger partial charge on any atom is 0.233 e. The molecule has 2 rings (SSSR count). The van der Waals surface area contributed by atoms with Gasteiger partial charge < -0.3 is 10.6 Å². The lowest BCUT2D eigenvalue weighted by Crippen LogP contribution is -2.30. The van der Waals surface area contributed by atoms with Crippen LogP contribution in [0.3, 0.4) is 0 Å². The highest BCUT2D eigenvalue weighted by molar-refractivity contribution is 6.30. The van der Waals surface area contributed by atoms with Crippen LogP contribution in [0.5, 0.6) is 0 Å². The van der Waals surface area contributed by atoms with Crippen molar-refractivity contribution in [3.63, 3.8) is 0 Å². The zero-order valence-corrected chi connectivity index (χ0v) is 12.9. The lowest BCUT2D eigenvalue weighted by molar-refractivity contribution is -0.127. The highest BCUT2D eigenvalue weighted by Crippen LogP contribution is 2.15. The summed E-state index contributed by atoms with van der Waals surface area (Å²) in [5.74, 6) is -0.698. The van der Waals surface area contributed by atoms with Crippen LogP contribution in [0.4, 0.5) is 5.69 Å². The van der Waals surface area contributed by atoms with Crippen LogP contribution in [0.15, 0.2) is 54.6 Å². The Labute approximate surface area is 134 Å². The molecule has 1 atom stereocenters. The number of halogens is 1. The first kappa shape index (κ1) is 16.0. The molecule has 0 heterocycles. The second-order valence-electron chi connectivity index (χ2n) is 4.94. The van der Waals surface area contributed by atoms with Crippen molar-refractivity contribution in [2.45, 2.75) is 19.4 Å². The van der Waals surface area contributed by atoms with Crippen LogP contribution in [0.25, 0.3) is 0 Å². The minimum atomic E-state index is -0.375. The Morgan fingerprint density at radius 2 is 1.77 bits per heavy atom. The summed E-state index contributed by atoms with van der Waals surface area (Å²) in [5.41, 5.74) is 1.56. The van der Waals surface area contributed by atoms with Gasteiger partial charge in [0.15, 0.2) is 0 Å². The van der Waals surface area contributed by atoms with Crippen molar-refractivity contribution in [3.8, 4) is 0 Å². The molecule has 114 valence electrons. The van der Waals surface area contributed by atoms with Crippen LogP contribution < -0.4 is 10.6 Å². The van der Waals surface area contributed by atoms with Crippen LogP contribution in [0, 0.1) is 0 Å². The van der Waals surface area contributed by atoms with E-state index in [1.54, 1.807) is 24.3 Å². The van der Waals surface area contributed by atoms with Gasteiger partial charge in [-0.15, -0.1) is 0 Å². The smallest absolute Gasteiger partial charge is 0.233 e. The van der Waals surface area contributed by atoms with Crippen molar-refractivity contribution in [2.24, 2.45) is 0 Å². The number of amides is 2. The van der Waals surface area contributed by atoms with E-state index in [9.17, 15) is 9.59 Å². The van der Waals surface area contributed by atoms with Crippen LogP contribution in [-0.2, 0) is 9.59 Å². The largest absolute Gasteiger partial charge is 0.349 e. The van der Waals surface area contributed by atoms with Gasteiger partial charge in [-0.25, -0.2) is 0 Å². The van der Waals surface area contributed by atoms with E-state index in [-0.39, 0.29) is 24.3 Å². The van der Waals surface area contributed by atoms with E-state index < -0.39 is 0 Å². The molecule has 4 nitrogen and oxygen atoms in total. The van der Waals surface area contributed by atoms with E-state index >= 15 is 0 Å². The topological polar surface area (TPSA) is 58.2 Å². The molecule has 0 aliphatic carbocycles. The van der Waals surface area contributed by atoms with Crippen molar-refractivity contribution in [2.75, 3.05) is 5.32 Å². The fourth-order valence-electron chi connectivity index (χ4n) is 2.03. The zero-order valence-electron chi connectivity index (χ0n) is 12.2. The summed E-state index contributed by atoms with van der Waals surface area (Å²) in [6.45, 7) is 1.88. The van der Waals surface area contributed by atoms with Crippen molar-refractivity contribution < 1.29 is 9.59 Å². The van der Waals surface area contributed by atoms with Crippen LogP contribution in [0.1, 0.15) is 24.9 Å². The SMILES string of the molecule is CC(NC(=O)CC(=O)Nc1cccc(Cl)c1)c1ccccc1. The van der Waals surface area contributed by atoms with Crippen molar-refractivity contribution >= 4 is 29.1 Å². The first-order chi connectivity index (χ1) is 10.5. The molecule has 0 aromatic heterocycles. The number of nitrogens with one attached hydrogen (secondary N) is 2. The molecule has 0 bridgehead atoms. The number of carbonyl (C=O) groups is 2. The molecular formula is C17H17ClN2O2. The predicted molar refractivity (Wildman–Crippen MR) is 87.7 cm³/mol. The number of anilines is 1. The lowest BCUT2D eigenvalue weighted by atomic mass is 10.1. The van der Waals surface area contributed by atoms with Crippen LogP contribution in [-0.4, -0.2) is 11.8 Å². The Balaban J connectivity index is 1.85. The molecule has 0 spiro atoms. The summed E-state index contributed by atoms with van der Waals surface area (Å²) in [5, 5.41) is 5.97. The van der Waals surface area contributed by atoms with Gasteiger partial charge in [-0.2, -0.15) is 0 Å². The Morgan fingerprint density at radius 3 is 2.45 bits per heavy atom. The Hall–Kier alpha value is -2.33. The molecule has 2 N–H and O–H groups in total. The molecule has 2 aromatic rings. The minimum absolute atomic E-state index is 0.146. The molecule has 1 unspecified atom stereocenters. The number of benzene rings is 2. The zero-order chi connectivity index (χ0) is 15.9. The monoisotopic (exact) mass is 316 g/mol. The number of hydrogen-bond donors (Lipinski definition) is 2. The molecule has 0 fully saturated rings. The molecule has 0 aliphatic rings. The molecular weight excluding hydrogens is 300 g/mol. The fourth-order valence-corrected chi connectivity index (χ4v) is 2.23. The van der Waals surface area contributed by atoms with Crippen molar-refractivity contribution in [3.05, 3.63) is 65.2 Å². The third-order valence-electron chi connectivity index (χ3n) is 3.11. The molecule has 0 radical (unpaired) electrons. The lowest BCUT2D eigenvalue weighted by Gasteiger charge is -2.14. The highest BCUT2D eigenvalue weighted by atomic mass is 35.5. The van der Waals surface area contributed by atoms with E-state index in [0.717, 1.165) is 5.56 Å². The second-order valence-corrected chi connectivity index (χ2v) is 5.37. The van der Waals surface area contributed by atoms with Gasteiger partial charge in [0, 0.05) is 10.7 Å². The van der Waals surface area contributed by atoms with Gasteiger partial charge in [0.1, 0.15) is 6.42 Å². The van der Waals surface area contributed by atoms with Gasteiger partial charge in [-0.1, -0.05) is 48.0 Å². The maximum absolute atomic E-state index is 11.9. The number of rotatable bonds is 5. The fraction of sp³-hybridized carbons (Fsp3) is 0.176. The summed E-state index contributed by atoms with van der Waals surface area (Å²) in [7, 11) is 0. The molecule has 2 amide bonds. The average Bonchev–Trinajstić information content (AvgIpc) is 2.47. The van der Waals surface area contributed by atoms with E-state index in [2.05, 4.69) is 10.6 Å². The van der Waals surface area contributed by atoms with Gasteiger partial charge in [-0.3, -0.25) is 9.59 Å². The molecule has 0 saturated carbocycles. The van der Waals surface area contributed by atoms with E-state index in [4.69, 9.17) is 11.6 Å². The molecule has 0 saturated heterocycles. The van der Waals surface area contributed by atoms with Gasteiger partial charge in [0.2, 0.25) is 11.8 Å². The quantitative estimate of drug-likeness (QED) is 0.829. The third-order valence-corrected chi connectivity index (χ3v) is 3.34.